The van der Waals surface area contributed by atoms with E-state index in [2.05, 4.69) is 39.6 Å². The molecule has 1 atom stereocenters. The summed E-state index contributed by atoms with van der Waals surface area (Å²) in [5, 5.41) is 6.73. The molecule has 29 heavy (non-hydrogen) atoms. The van der Waals surface area contributed by atoms with Crippen LogP contribution >= 0.6 is 0 Å². The van der Waals surface area contributed by atoms with Crippen LogP contribution in [0.5, 0.6) is 0 Å². The lowest BCUT2D eigenvalue weighted by Gasteiger charge is -2.21. The first-order valence-electron chi connectivity index (χ1n) is 11.3. The van der Waals surface area contributed by atoms with Crippen molar-refractivity contribution >= 4 is 11.8 Å². The van der Waals surface area contributed by atoms with Gasteiger partial charge in [0.1, 0.15) is 5.82 Å². The second kappa shape index (κ2) is 12.6. The van der Waals surface area contributed by atoms with Gasteiger partial charge in [0, 0.05) is 45.6 Å². The van der Waals surface area contributed by atoms with Crippen LogP contribution in [0.2, 0.25) is 0 Å². The van der Waals surface area contributed by atoms with Gasteiger partial charge in [0.15, 0.2) is 5.96 Å². The summed E-state index contributed by atoms with van der Waals surface area (Å²) >= 11 is 0. The van der Waals surface area contributed by atoms with Crippen LogP contribution in [0.15, 0.2) is 23.3 Å². The standard InChI is InChI=1S/C22H37N5O2/c1-2-23-22(25-10-7-14-29-20-9-15-28-18-20)26-17-19-8-11-24-21(16-19)27-12-5-3-4-6-13-27/h8,11,16,20H,2-7,9-10,12-15,17-18H2,1H3,(H2,23,25,26). The predicted octanol–water partition coefficient (Wildman–Crippen LogP) is 2.71. The smallest absolute Gasteiger partial charge is 0.191 e. The third kappa shape index (κ3) is 7.82. The first-order chi connectivity index (χ1) is 14.3. The Kier molecular flexibility index (Phi) is 9.53. The highest BCUT2D eigenvalue weighted by atomic mass is 16.5. The molecule has 162 valence electrons. The monoisotopic (exact) mass is 403 g/mol. The lowest BCUT2D eigenvalue weighted by Crippen LogP contribution is -2.38. The molecule has 7 nitrogen and oxygen atoms in total. The minimum Gasteiger partial charge on any atom is -0.379 e. The number of pyridine rings is 1. The zero-order chi connectivity index (χ0) is 20.2. The van der Waals surface area contributed by atoms with Gasteiger partial charge in [-0.3, -0.25) is 0 Å². The van der Waals surface area contributed by atoms with Crippen LogP contribution in [0.25, 0.3) is 0 Å². The molecule has 2 saturated heterocycles. The quantitative estimate of drug-likeness (QED) is 0.375. The topological polar surface area (TPSA) is 71.0 Å². The van der Waals surface area contributed by atoms with Gasteiger partial charge in [0.05, 0.1) is 19.3 Å². The molecular formula is C22H37N5O2. The minimum atomic E-state index is 0.280. The summed E-state index contributed by atoms with van der Waals surface area (Å²) < 4.78 is 11.2. The zero-order valence-corrected chi connectivity index (χ0v) is 17.9. The van der Waals surface area contributed by atoms with Crippen molar-refractivity contribution in [2.45, 2.75) is 58.1 Å². The van der Waals surface area contributed by atoms with Gasteiger partial charge in [-0.25, -0.2) is 9.98 Å². The Bertz CT molecular complexity index is 611. The molecule has 2 aliphatic heterocycles. The number of aromatic nitrogens is 1. The first-order valence-corrected chi connectivity index (χ1v) is 11.3. The molecular weight excluding hydrogens is 366 g/mol. The fourth-order valence-electron chi connectivity index (χ4n) is 3.72. The molecule has 0 aromatic carbocycles. The summed E-state index contributed by atoms with van der Waals surface area (Å²) in [6, 6.07) is 4.25. The molecule has 0 bridgehead atoms. The molecule has 0 amide bonds. The van der Waals surface area contributed by atoms with Gasteiger partial charge in [0.25, 0.3) is 0 Å². The third-order valence-corrected chi connectivity index (χ3v) is 5.36. The fraction of sp³-hybridized carbons (Fsp3) is 0.727. The summed E-state index contributed by atoms with van der Waals surface area (Å²) in [4.78, 5) is 11.8. The van der Waals surface area contributed by atoms with E-state index in [1.54, 1.807) is 0 Å². The Morgan fingerprint density at radius 3 is 2.90 bits per heavy atom. The number of anilines is 1. The largest absolute Gasteiger partial charge is 0.379 e. The van der Waals surface area contributed by atoms with E-state index in [1.807, 2.05) is 6.20 Å². The lowest BCUT2D eigenvalue weighted by atomic mass is 10.2. The number of nitrogens with one attached hydrogen (secondary N) is 2. The maximum Gasteiger partial charge on any atom is 0.191 e. The van der Waals surface area contributed by atoms with Crippen LogP contribution < -0.4 is 15.5 Å². The first kappa shape index (κ1) is 21.8. The summed E-state index contributed by atoms with van der Waals surface area (Å²) in [5.74, 6) is 1.94. The number of hydrogen-bond donors (Lipinski definition) is 2. The van der Waals surface area contributed by atoms with E-state index in [-0.39, 0.29) is 6.10 Å². The maximum atomic E-state index is 5.82. The van der Waals surface area contributed by atoms with Crippen LogP contribution in [0, 0.1) is 0 Å². The number of aliphatic imine (C=N–C) groups is 1. The van der Waals surface area contributed by atoms with E-state index in [1.165, 1.54) is 31.2 Å². The second-order valence-corrected chi connectivity index (χ2v) is 7.76. The molecule has 2 fully saturated rings. The van der Waals surface area contributed by atoms with Crippen molar-refractivity contribution in [2.75, 3.05) is 50.9 Å². The van der Waals surface area contributed by atoms with E-state index in [9.17, 15) is 0 Å². The van der Waals surface area contributed by atoms with Gasteiger partial charge >= 0.3 is 0 Å². The van der Waals surface area contributed by atoms with Crippen LogP contribution in [-0.4, -0.2) is 63.0 Å². The highest BCUT2D eigenvalue weighted by molar-refractivity contribution is 5.79. The van der Waals surface area contributed by atoms with Gasteiger partial charge in [0.2, 0.25) is 0 Å². The van der Waals surface area contributed by atoms with Crippen molar-refractivity contribution in [3.05, 3.63) is 23.9 Å². The van der Waals surface area contributed by atoms with Crippen molar-refractivity contribution in [1.82, 2.24) is 15.6 Å². The average molecular weight is 404 g/mol. The molecule has 1 aromatic heterocycles. The van der Waals surface area contributed by atoms with E-state index in [0.717, 1.165) is 70.6 Å². The molecule has 1 aromatic rings. The maximum absolute atomic E-state index is 5.82. The van der Waals surface area contributed by atoms with Crippen molar-refractivity contribution in [1.29, 1.82) is 0 Å². The predicted molar refractivity (Wildman–Crippen MR) is 118 cm³/mol. The van der Waals surface area contributed by atoms with Crippen molar-refractivity contribution in [2.24, 2.45) is 4.99 Å². The Hall–Kier alpha value is -1.86. The number of ether oxygens (including phenoxy) is 2. The Balaban J connectivity index is 1.45. The zero-order valence-electron chi connectivity index (χ0n) is 17.9. The van der Waals surface area contributed by atoms with E-state index < -0.39 is 0 Å². The average Bonchev–Trinajstić information content (AvgIpc) is 3.11. The number of rotatable bonds is 9. The SMILES string of the molecule is CCNC(=NCc1ccnc(N2CCCCCC2)c1)NCCCOC1CCOC1. The molecule has 1 unspecified atom stereocenters. The fourth-order valence-corrected chi connectivity index (χ4v) is 3.72. The molecule has 3 rings (SSSR count). The molecule has 3 heterocycles. The Labute approximate surface area is 175 Å². The summed E-state index contributed by atoms with van der Waals surface area (Å²) in [6.45, 7) is 8.96. The number of nitrogens with zero attached hydrogens (tertiary/aromatic N) is 3. The van der Waals surface area contributed by atoms with Crippen LogP contribution in [0.3, 0.4) is 0 Å². The van der Waals surface area contributed by atoms with Crippen LogP contribution in [0.4, 0.5) is 5.82 Å². The lowest BCUT2D eigenvalue weighted by molar-refractivity contribution is 0.0420. The summed E-state index contributed by atoms with van der Waals surface area (Å²) in [5.41, 5.74) is 1.20. The molecule has 2 aliphatic rings. The highest BCUT2D eigenvalue weighted by Gasteiger charge is 2.15. The van der Waals surface area contributed by atoms with Gasteiger partial charge in [-0.15, -0.1) is 0 Å². The molecule has 0 aliphatic carbocycles. The molecule has 7 heteroatoms. The van der Waals surface area contributed by atoms with Gasteiger partial charge in [-0.2, -0.15) is 0 Å². The van der Waals surface area contributed by atoms with E-state index in [0.29, 0.717) is 6.54 Å². The minimum absolute atomic E-state index is 0.280. The molecule has 0 saturated carbocycles. The van der Waals surface area contributed by atoms with E-state index >= 15 is 0 Å². The number of hydrogen-bond acceptors (Lipinski definition) is 5. The molecule has 0 spiro atoms. The number of guanidine groups is 1. The summed E-state index contributed by atoms with van der Waals surface area (Å²) in [7, 11) is 0. The van der Waals surface area contributed by atoms with Crippen molar-refractivity contribution in [3.63, 3.8) is 0 Å². The van der Waals surface area contributed by atoms with Gasteiger partial charge in [-0.05, 0) is 50.3 Å². The second-order valence-electron chi connectivity index (χ2n) is 7.76. The van der Waals surface area contributed by atoms with Crippen molar-refractivity contribution < 1.29 is 9.47 Å². The molecule has 2 N–H and O–H groups in total. The van der Waals surface area contributed by atoms with Crippen molar-refractivity contribution in [3.8, 4) is 0 Å². The third-order valence-electron chi connectivity index (χ3n) is 5.36. The highest BCUT2D eigenvalue weighted by Crippen LogP contribution is 2.18. The van der Waals surface area contributed by atoms with Crippen LogP contribution in [-0.2, 0) is 16.0 Å². The normalized spacial score (nSPS) is 20.5. The Morgan fingerprint density at radius 1 is 1.28 bits per heavy atom. The van der Waals surface area contributed by atoms with E-state index in [4.69, 9.17) is 14.5 Å². The molecule has 0 radical (unpaired) electrons. The summed E-state index contributed by atoms with van der Waals surface area (Å²) in [6.07, 6.45) is 9.34. The van der Waals surface area contributed by atoms with Gasteiger partial charge in [-0.1, -0.05) is 12.8 Å². The van der Waals surface area contributed by atoms with Crippen LogP contribution in [0.1, 0.15) is 51.0 Å². The van der Waals surface area contributed by atoms with Gasteiger partial charge < -0.3 is 25.0 Å². The Morgan fingerprint density at radius 2 is 2.14 bits per heavy atom.